The Morgan fingerprint density at radius 2 is 1.62 bits per heavy atom. The molecule has 0 aliphatic carbocycles. The van der Waals surface area contributed by atoms with Gasteiger partial charge in [-0.2, -0.15) is 13.2 Å². The van der Waals surface area contributed by atoms with Crippen molar-refractivity contribution >= 4 is 5.91 Å². The van der Waals surface area contributed by atoms with E-state index in [2.05, 4.69) is 24.1 Å². The van der Waals surface area contributed by atoms with Crippen molar-refractivity contribution in [1.29, 1.82) is 0 Å². The first-order chi connectivity index (χ1) is 12.3. The highest BCUT2D eigenvalue weighted by Gasteiger charge is 2.30. The smallest absolute Gasteiger partial charge is 0.348 e. The first-order valence-electron chi connectivity index (χ1n) is 8.59. The van der Waals surface area contributed by atoms with Gasteiger partial charge in [0.15, 0.2) is 0 Å². The quantitative estimate of drug-likeness (QED) is 0.786. The third-order valence-corrected chi connectivity index (χ3v) is 4.23. The second-order valence-electron chi connectivity index (χ2n) is 6.04. The zero-order valence-electron chi connectivity index (χ0n) is 14.9. The first-order valence-corrected chi connectivity index (χ1v) is 8.59. The summed E-state index contributed by atoms with van der Waals surface area (Å²) in [4.78, 5) is 14.4. The molecule has 2 aromatic rings. The molecule has 0 aliphatic heterocycles. The van der Waals surface area contributed by atoms with Crippen molar-refractivity contribution in [2.24, 2.45) is 0 Å². The molecule has 1 N–H and O–H groups in total. The van der Waals surface area contributed by atoms with Crippen LogP contribution in [0.3, 0.4) is 0 Å². The maximum Gasteiger partial charge on any atom is 0.416 e. The van der Waals surface area contributed by atoms with Crippen LogP contribution in [0.2, 0.25) is 0 Å². The lowest BCUT2D eigenvalue weighted by atomic mass is 10.1. The Kier molecular flexibility index (Phi) is 6.80. The van der Waals surface area contributed by atoms with Crippen molar-refractivity contribution in [2.45, 2.75) is 33.1 Å². The minimum atomic E-state index is -4.46. The molecule has 0 aromatic heterocycles. The Balaban J connectivity index is 1.95. The summed E-state index contributed by atoms with van der Waals surface area (Å²) in [6.45, 7) is 7.31. The number of rotatable bonds is 7. The topological polar surface area (TPSA) is 32.3 Å². The summed E-state index contributed by atoms with van der Waals surface area (Å²) in [6.07, 6.45) is -4.46. The van der Waals surface area contributed by atoms with E-state index in [1.165, 1.54) is 17.7 Å². The van der Waals surface area contributed by atoms with Gasteiger partial charge in [0.05, 0.1) is 5.56 Å². The lowest BCUT2D eigenvalue weighted by Gasteiger charge is -2.18. The van der Waals surface area contributed by atoms with E-state index in [0.29, 0.717) is 0 Å². The second-order valence-corrected chi connectivity index (χ2v) is 6.04. The van der Waals surface area contributed by atoms with Crippen molar-refractivity contribution in [3.63, 3.8) is 0 Å². The third-order valence-electron chi connectivity index (χ3n) is 4.23. The molecule has 0 saturated carbocycles. The Bertz CT molecular complexity index is 723. The summed E-state index contributed by atoms with van der Waals surface area (Å²) in [6, 6.07) is 12.3. The van der Waals surface area contributed by atoms with E-state index >= 15 is 0 Å². The highest BCUT2D eigenvalue weighted by atomic mass is 19.4. The zero-order chi connectivity index (χ0) is 19.2. The van der Waals surface area contributed by atoms with Gasteiger partial charge >= 0.3 is 6.18 Å². The number of benzene rings is 2. The number of nitrogens with one attached hydrogen (secondary N) is 1. The van der Waals surface area contributed by atoms with E-state index in [1.807, 2.05) is 24.3 Å². The van der Waals surface area contributed by atoms with Gasteiger partial charge in [0.25, 0.3) is 5.91 Å². The number of hydrogen-bond acceptors (Lipinski definition) is 2. The molecular formula is C20H23F3N2O. The SMILES string of the molecule is CCN(CC)Cc1ccc(CNC(=O)c2cccc(C(F)(F)F)c2)cc1. The van der Waals surface area contributed by atoms with Gasteiger partial charge in [0.2, 0.25) is 0 Å². The molecule has 0 aliphatic rings. The van der Waals surface area contributed by atoms with Crippen molar-refractivity contribution in [3.8, 4) is 0 Å². The van der Waals surface area contributed by atoms with Crippen LogP contribution in [-0.4, -0.2) is 23.9 Å². The number of carbonyl (C=O) groups excluding carboxylic acids is 1. The summed E-state index contributed by atoms with van der Waals surface area (Å²) < 4.78 is 38.2. The monoisotopic (exact) mass is 364 g/mol. The predicted octanol–water partition coefficient (Wildman–Crippen LogP) is 4.48. The fourth-order valence-corrected chi connectivity index (χ4v) is 2.59. The number of nitrogens with zero attached hydrogens (tertiary/aromatic N) is 1. The molecule has 0 radical (unpaired) electrons. The Morgan fingerprint density at radius 1 is 1.00 bits per heavy atom. The molecule has 2 aromatic carbocycles. The molecular weight excluding hydrogens is 341 g/mol. The van der Waals surface area contributed by atoms with Crippen LogP contribution >= 0.6 is 0 Å². The molecule has 26 heavy (non-hydrogen) atoms. The van der Waals surface area contributed by atoms with E-state index in [-0.39, 0.29) is 12.1 Å². The van der Waals surface area contributed by atoms with E-state index in [0.717, 1.165) is 37.3 Å². The largest absolute Gasteiger partial charge is 0.416 e. The van der Waals surface area contributed by atoms with Gasteiger partial charge in [-0.3, -0.25) is 9.69 Å². The molecule has 0 heterocycles. The summed E-state index contributed by atoms with van der Waals surface area (Å²) in [7, 11) is 0. The van der Waals surface area contributed by atoms with Crippen LogP contribution in [0.4, 0.5) is 13.2 Å². The van der Waals surface area contributed by atoms with Crippen molar-refractivity contribution in [2.75, 3.05) is 13.1 Å². The number of amides is 1. The van der Waals surface area contributed by atoms with Crippen molar-refractivity contribution in [3.05, 3.63) is 70.8 Å². The maximum absolute atomic E-state index is 12.7. The van der Waals surface area contributed by atoms with Crippen molar-refractivity contribution < 1.29 is 18.0 Å². The molecule has 0 unspecified atom stereocenters. The molecule has 0 saturated heterocycles. The first kappa shape index (κ1) is 20.0. The highest BCUT2D eigenvalue weighted by Crippen LogP contribution is 2.29. The lowest BCUT2D eigenvalue weighted by molar-refractivity contribution is -0.137. The zero-order valence-corrected chi connectivity index (χ0v) is 14.9. The average molecular weight is 364 g/mol. The fourth-order valence-electron chi connectivity index (χ4n) is 2.59. The summed E-state index contributed by atoms with van der Waals surface area (Å²) in [5.41, 5.74) is 1.25. The highest BCUT2D eigenvalue weighted by molar-refractivity contribution is 5.94. The van der Waals surface area contributed by atoms with E-state index < -0.39 is 17.6 Å². The van der Waals surface area contributed by atoms with Crippen LogP contribution in [0.5, 0.6) is 0 Å². The predicted molar refractivity (Wildman–Crippen MR) is 95.7 cm³/mol. The molecule has 1 amide bonds. The van der Waals surface area contributed by atoms with Gasteiger partial charge < -0.3 is 5.32 Å². The van der Waals surface area contributed by atoms with Gasteiger partial charge in [-0.25, -0.2) is 0 Å². The van der Waals surface area contributed by atoms with E-state index in [9.17, 15) is 18.0 Å². The number of halogens is 3. The number of alkyl halides is 3. The standard InChI is InChI=1S/C20H23F3N2O/c1-3-25(4-2)14-16-10-8-15(9-11-16)13-24-19(26)17-6-5-7-18(12-17)20(21,22)23/h5-12H,3-4,13-14H2,1-2H3,(H,24,26). The number of hydrogen-bond donors (Lipinski definition) is 1. The summed E-state index contributed by atoms with van der Waals surface area (Å²) >= 11 is 0. The van der Waals surface area contributed by atoms with Crippen LogP contribution < -0.4 is 5.32 Å². The minimum absolute atomic E-state index is 0.00187. The maximum atomic E-state index is 12.7. The molecule has 0 bridgehead atoms. The van der Waals surface area contributed by atoms with Crippen LogP contribution in [-0.2, 0) is 19.3 Å². The van der Waals surface area contributed by atoms with Gasteiger partial charge in [-0.05, 0) is 42.4 Å². The van der Waals surface area contributed by atoms with Gasteiger partial charge in [0.1, 0.15) is 0 Å². The fraction of sp³-hybridized carbons (Fsp3) is 0.350. The summed E-state index contributed by atoms with van der Waals surface area (Å²) in [5, 5.41) is 2.66. The summed E-state index contributed by atoms with van der Waals surface area (Å²) in [5.74, 6) is -0.525. The molecule has 140 valence electrons. The van der Waals surface area contributed by atoms with Crippen LogP contribution in [0.15, 0.2) is 48.5 Å². The van der Waals surface area contributed by atoms with Crippen LogP contribution in [0.25, 0.3) is 0 Å². The second kappa shape index (κ2) is 8.85. The van der Waals surface area contributed by atoms with Crippen LogP contribution in [0, 0.1) is 0 Å². The normalized spacial score (nSPS) is 11.6. The van der Waals surface area contributed by atoms with E-state index in [4.69, 9.17) is 0 Å². The lowest BCUT2D eigenvalue weighted by Crippen LogP contribution is -2.23. The molecule has 6 heteroatoms. The molecule has 0 spiro atoms. The Morgan fingerprint density at radius 3 is 2.19 bits per heavy atom. The van der Waals surface area contributed by atoms with E-state index in [1.54, 1.807) is 0 Å². The number of carbonyl (C=O) groups is 1. The third kappa shape index (κ3) is 5.59. The molecule has 2 rings (SSSR count). The molecule has 0 fully saturated rings. The Hall–Kier alpha value is -2.34. The van der Waals surface area contributed by atoms with Gasteiger partial charge in [-0.1, -0.05) is 44.2 Å². The van der Waals surface area contributed by atoms with Gasteiger partial charge in [-0.15, -0.1) is 0 Å². The van der Waals surface area contributed by atoms with Gasteiger partial charge in [0, 0.05) is 18.7 Å². The minimum Gasteiger partial charge on any atom is -0.348 e. The van der Waals surface area contributed by atoms with Crippen LogP contribution in [0.1, 0.15) is 40.9 Å². The Labute approximate surface area is 151 Å². The molecule has 3 nitrogen and oxygen atoms in total. The van der Waals surface area contributed by atoms with Crippen molar-refractivity contribution in [1.82, 2.24) is 10.2 Å². The average Bonchev–Trinajstić information content (AvgIpc) is 2.64. The molecule has 0 atom stereocenters.